The van der Waals surface area contributed by atoms with Crippen LogP contribution in [0, 0.1) is 34.5 Å². The lowest BCUT2D eigenvalue weighted by atomic mass is 9.50. The van der Waals surface area contributed by atoms with Crippen molar-refractivity contribution in [3.8, 4) is 0 Å². The molecule has 3 fully saturated rings. The number of ether oxygens (including phenoxy) is 2. The first-order chi connectivity index (χ1) is 14.2. The fraction of sp³-hybridized carbons (Fsp3) is 0.875. The van der Waals surface area contributed by atoms with Crippen LogP contribution >= 0.6 is 0 Å². The standard InChI is InChI=1S/C24H37NO5/c1-14(2)24(28)8-7-22(13-30-24)15-9-19(26)17-6-5-16-18(21(27)29-4)10-23(22,20(16)17)12-25(3)11-15/h14-16,18-19,26,28H,5-13H2,1-4H3/t15-,16-,18-,19-,22?,23-,24?/m1/s1. The average molecular weight is 420 g/mol. The Morgan fingerprint density at radius 1 is 1.33 bits per heavy atom. The summed E-state index contributed by atoms with van der Waals surface area (Å²) in [6, 6.07) is 0. The molecule has 168 valence electrons. The minimum Gasteiger partial charge on any atom is -0.469 e. The smallest absolute Gasteiger partial charge is 0.309 e. The molecule has 30 heavy (non-hydrogen) atoms. The van der Waals surface area contributed by atoms with Gasteiger partial charge in [0.25, 0.3) is 0 Å². The molecule has 2 unspecified atom stereocenters. The van der Waals surface area contributed by atoms with E-state index in [4.69, 9.17) is 9.47 Å². The number of carbonyl (C=O) groups is 1. The van der Waals surface area contributed by atoms with Crippen molar-refractivity contribution in [2.75, 3.05) is 33.9 Å². The second kappa shape index (κ2) is 6.77. The number of rotatable bonds is 2. The van der Waals surface area contributed by atoms with E-state index in [1.165, 1.54) is 18.3 Å². The molecule has 0 amide bonds. The molecule has 5 rings (SSSR count). The van der Waals surface area contributed by atoms with E-state index in [1.54, 1.807) is 0 Å². The predicted octanol–water partition coefficient (Wildman–Crippen LogP) is 2.34. The molecule has 2 heterocycles. The number of hydrogen-bond donors (Lipinski definition) is 2. The van der Waals surface area contributed by atoms with Crippen LogP contribution in [-0.4, -0.2) is 66.8 Å². The second-order valence-corrected chi connectivity index (χ2v) is 11.1. The summed E-state index contributed by atoms with van der Waals surface area (Å²) in [5.41, 5.74) is 2.23. The zero-order valence-electron chi connectivity index (χ0n) is 18.8. The first-order valence-electron chi connectivity index (χ1n) is 11.7. The van der Waals surface area contributed by atoms with Crippen LogP contribution in [0.3, 0.4) is 0 Å². The molecule has 5 aliphatic rings. The van der Waals surface area contributed by atoms with E-state index in [0.29, 0.717) is 13.0 Å². The van der Waals surface area contributed by atoms with Crippen LogP contribution in [0.5, 0.6) is 0 Å². The van der Waals surface area contributed by atoms with Gasteiger partial charge in [0.15, 0.2) is 5.79 Å². The lowest BCUT2D eigenvalue weighted by molar-refractivity contribution is -0.301. The van der Waals surface area contributed by atoms with Gasteiger partial charge in [0.2, 0.25) is 0 Å². The van der Waals surface area contributed by atoms with Crippen LogP contribution in [0.1, 0.15) is 52.4 Å². The molecule has 2 N–H and O–H groups in total. The molecular formula is C24H37NO5. The lowest BCUT2D eigenvalue weighted by Gasteiger charge is -2.62. The molecule has 6 nitrogen and oxygen atoms in total. The van der Waals surface area contributed by atoms with Crippen LogP contribution < -0.4 is 0 Å². The maximum Gasteiger partial charge on any atom is 0.309 e. The molecule has 2 saturated heterocycles. The van der Waals surface area contributed by atoms with Crippen molar-refractivity contribution < 1.29 is 24.5 Å². The Kier molecular flexibility index (Phi) is 4.72. The number of methoxy groups -OCH3 is 1. The van der Waals surface area contributed by atoms with Gasteiger partial charge in [-0.1, -0.05) is 19.4 Å². The second-order valence-electron chi connectivity index (χ2n) is 11.1. The zero-order chi connectivity index (χ0) is 21.5. The zero-order valence-corrected chi connectivity index (χ0v) is 18.8. The number of likely N-dealkylation sites (tertiary alicyclic amines) is 1. The number of piperidine rings is 1. The lowest BCUT2D eigenvalue weighted by Crippen LogP contribution is -2.64. The van der Waals surface area contributed by atoms with Crippen molar-refractivity contribution in [3.63, 3.8) is 0 Å². The third-order valence-electron chi connectivity index (χ3n) is 9.64. The number of hydrogen-bond acceptors (Lipinski definition) is 6. The normalized spacial score (nSPS) is 48.2. The Morgan fingerprint density at radius 3 is 2.73 bits per heavy atom. The number of esters is 1. The summed E-state index contributed by atoms with van der Waals surface area (Å²) in [5, 5.41) is 22.3. The quantitative estimate of drug-likeness (QED) is 0.528. The highest BCUT2D eigenvalue weighted by molar-refractivity contribution is 5.75. The van der Waals surface area contributed by atoms with Crippen molar-refractivity contribution >= 4 is 5.97 Å². The number of aliphatic hydroxyl groups excluding tert-OH is 1. The average Bonchev–Trinajstić information content (AvgIpc) is 3.26. The monoisotopic (exact) mass is 419 g/mol. The Labute approximate surface area is 179 Å². The van der Waals surface area contributed by atoms with Crippen LogP contribution in [0.4, 0.5) is 0 Å². The minimum atomic E-state index is -1.08. The number of nitrogens with zero attached hydrogens (tertiary/aromatic N) is 1. The van der Waals surface area contributed by atoms with Gasteiger partial charge in [-0.05, 0) is 56.6 Å². The molecule has 6 heteroatoms. The summed E-state index contributed by atoms with van der Waals surface area (Å²) in [6.07, 6.45) is 4.42. The molecule has 1 saturated carbocycles. The largest absolute Gasteiger partial charge is 0.469 e. The molecule has 3 aliphatic carbocycles. The molecule has 2 aliphatic heterocycles. The van der Waals surface area contributed by atoms with Crippen LogP contribution in [0.25, 0.3) is 0 Å². The van der Waals surface area contributed by atoms with Crippen molar-refractivity contribution in [3.05, 3.63) is 11.1 Å². The van der Waals surface area contributed by atoms with Crippen LogP contribution in [0.2, 0.25) is 0 Å². The Hall–Kier alpha value is -0.950. The van der Waals surface area contributed by atoms with E-state index in [9.17, 15) is 15.0 Å². The molecule has 0 radical (unpaired) electrons. The van der Waals surface area contributed by atoms with Gasteiger partial charge >= 0.3 is 5.97 Å². The summed E-state index contributed by atoms with van der Waals surface area (Å²) in [7, 11) is 3.66. The van der Waals surface area contributed by atoms with Gasteiger partial charge in [-0.15, -0.1) is 0 Å². The third kappa shape index (κ3) is 2.54. The topological polar surface area (TPSA) is 79.2 Å². The maximum atomic E-state index is 12.8. The highest BCUT2D eigenvalue weighted by Crippen LogP contribution is 2.71. The van der Waals surface area contributed by atoms with E-state index in [2.05, 4.69) is 11.9 Å². The van der Waals surface area contributed by atoms with Crippen molar-refractivity contribution in [2.24, 2.45) is 34.5 Å². The molecule has 2 spiro atoms. The van der Waals surface area contributed by atoms with E-state index in [1.807, 2.05) is 13.8 Å². The molecule has 0 aromatic carbocycles. The third-order valence-corrected chi connectivity index (χ3v) is 9.64. The predicted molar refractivity (Wildman–Crippen MR) is 111 cm³/mol. The van der Waals surface area contributed by atoms with E-state index < -0.39 is 11.9 Å². The van der Waals surface area contributed by atoms with Gasteiger partial charge in [-0.3, -0.25) is 4.79 Å². The van der Waals surface area contributed by atoms with Gasteiger partial charge < -0.3 is 24.6 Å². The number of aliphatic hydroxyl groups is 2. The molecular weight excluding hydrogens is 382 g/mol. The van der Waals surface area contributed by atoms with Crippen molar-refractivity contribution in [1.82, 2.24) is 4.90 Å². The summed E-state index contributed by atoms with van der Waals surface area (Å²) in [6.45, 7) is 6.35. The van der Waals surface area contributed by atoms with Crippen molar-refractivity contribution in [2.45, 2.75) is 64.3 Å². The number of carbonyl (C=O) groups excluding carboxylic acids is 1. The van der Waals surface area contributed by atoms with Gasteiger partial charge in [-0.25, -0.2) is 0 Å². The summed E-state index contributed by atoms with van der Waals surface area (Å²) < 4.78 is 11.6. The van der Waals surface area contributed by atoms with Gasteiger partial charge in [0, 0.05) is 36.3 Å². The Morgan fingerprint density at radius 2 is 2.10 bits per heavy atom. The summed E-state index contributed by atoms with van der Waals surface area (Å²) in [4.78, 5) is 15.2. The van der Waals surface area contributed by atoms with Gasteiger partial charge in [-0.2, -0.15) is 0 Å². The first-order valence-corrected chi connectivity index (χ1v) is 11.7. The first kappa shape index (κ1) is 20.9. The molecule has 7 atom stereocenters. The Balaban J connectivity index is 1.65. The molecule has 2 bridgehead atoms. The molecule has 0 aromatic rings. The fourth-order valence-corrected chi connectivity index (χ4v) is 8.18. The minimum absolute atomic E-state index is 0.0339. The van der Waals surface area contributed by atoms with E-state index in [-0.39, 0.29) is 40.5 Å². The van der Waals surface area contributed by atoms with Crippen molar-refractivity contribution in [1.29, 1.82) is 0 Å². The van der Waals surface area contributed by atoms with Crippen LogP contribution in [0.15, 0.2) is 11.1 Å². The highest BCUT2D eigenvalue weighted by Gasteiger charge is 2.70. The summed E-state index contributed by atoms with van der Waals surface area (Å²) in [5.74, 6) is -0.837. The SMILES string of the molecule is COC(=O)[C@@H]1C[C@@]23CN(C)C[C@@H](C[C@@H](O)C4=C2[C@@H]1CC4)C31CCC(O)(C(C)C)OC1. The van der Waals surface area contributed by atoms with E-state index in [0.717, 1.165) is 45.2 Å². The maximum absolute atomic E-state index is 12.8. The summed E-state index contributed by atoms with van der Waals surface area (Å²) >= 11 is 0. The van der Waals surface area contributed by atoms with Crippen LogP contribution in [-0.2, 0) is 14.3 Å². The molecule has 0 aromatic heterocycles. The van der Waals surface area contributed by atoms with Gasteiger partial charge in [0.05, 0.1) is 25.7 Å². The highest BCUT2D eigenvalue weighted by atomic mass is 16.6. The fourth-order valence-electron chi connectivity index (χ4n) is 8.18. The van der Waals surface area contributed by atoms with E-state index >= 15 is 0 Å². The van der Waals surface area contributed by atoms with Gasteiger partial charge in [0.1, 0.15) is 0 Å². The Bertz CT molecular complexity index is 768.